The first-order valence-corrected chi connectivity index (χ1v) is 9.31. The molecule has 0 unspecified atom stereocenters. The summed E-state index contributed by atoms with van der Waals surface area (Å²) < 4.78 is 33.0. The van der Waals surface area contributed by atoms with Gasteiger partial charge in [0.25, 0.3) is 15.7 Å². The number of phenolic OH excluding ortho intramolecular Hbond substituents is 1. The molecule has 0 aliphatic rings. The van der Waals surface area contributed by atoms with Crippen LogP contribution in [0.5, 0.6) is 5.75 Å². The third-order valence-electron chi connectivity index (χ3n) is 3.85. The van der Waals surface area contributed by atoms with Crippen molar-refractivity contribution in [2.45, 2.75) is 11.8 Å². The molecule has 0 saturated heterocycles. The summed E-state index contributed by atoms with van der Waals surface area (Å²) in [5, 5.41) is 31.1. The number of phenols is 1. The van der Waals surface area contributed by atoms with Crippen LogP contribution in [0.1, 0.15) is 5.69 Å². The van der Waals surface area contributed by atoms with Crippen molar-refractivity contribution in [3.05, 3.63) is 68.6 Å². The molecule has 1 aromatic heterocycles. The maximum atomic E-state index is 12.6. The molecule has 12 nitrogen and oxygen atoms in total. The van der Waals surface area contributed by atoms with Gasteiger partial charge in [0.05, 0.1) is 16.3 Å². The smallest absolute Gasteiger partial charge is 0.314 e. The number of azo groups is 1. The summed E-state index contributed by atoms with van der Waals surface area (Å²) in [6.07, 6.45) is 0. The normalized spacial score (nSPS) is 11.4. The van der Waals surface area contributed by atoms with Gasteiger partial charge in [-0.2, -0.15) is 8.42 Å². The Morgan fingerprint density at radius 3 is 2.37 bits per heavy atom. The van der Waals surface area contributed by atoms with E-state index < -0.39 is 42.6 Å². The van der Waals surface area contributed by atoms with Crippen molar-refractivity contribution in [1.29, 1.82) is 0 Å². The summed E-state index contributed by atoms with van der Waals surface area (Å²) in [5.41, 5.74) is -1.53. The van der Waals surface area contributed by atoms with Crippen LogP contribution in [-0.4, -0.2) is 32.8 Å². The van der Waals surface area contributed by atoms with Gasteiger partial charge in [-0.25, -0.2) is 4.68 Å². The van der Waals surface area contributed by atoms with Gasteiger partial charge in [0, 0.05) is 23.4 Å². The number of aromatic amines is 1. The van der Waals surface area contributed by atoms with E-state index in [1.165, 1.54) is 11.6 Å². The number of nitrogens with one attached hydrogen (secondary N) is 1. The molecule has 3 aromatic rings. The van der Waals surface area contributed by atoms with E-state index in [2.05, 4.69) is 15.3 Å². The van der Waals surface area contributed by atoms with Gasteiger partial charge in [-0.3, -0.25) is 24.6 Å². The number of hydrogen-bond donors (Lipinski definition) is 3. The second kappa shape index (κ2) is 8.59. The molecule has 0 amide bonds. The van der Waals surface area contributed by atoms with Crippen LogP contribution in [0.3, 0.4) is 0 Å². The molecule has 156 valence electrons. The Hall–Kier alpha value is -3.31. The molecule has 0 fully saturated rings. The molecule has 0 spiro atoms. The number of H-pyrrole nitrogens is 1. The van der Waals surface area contributed by atoms with E-state index in [9.17, 15) is 28.4 Å². The van der Waals surface area contributed by atoms with Crippen LogP contribution in [0.25, 0.3) is 5.69 Å². The fourth-order valence-corrected chi connectivity index (χ4v) is 2.98. The first-order valence-electron chi connectivity index (χ1n) is 7.87. The third kappa shape index (κ3) is 4.47. The topological polar surface area (TPSA) is 180 Å². The van der Waals surface area contributed by atoms with Gasteiger partial charge in [0.1, 0.15) is 10.6 Å². The van der Waals surface area contributed by atoms with Crippen molar-refractivity contribution in [2.24, 2.45) is 10.2 Å². The number of nitro groups is 1. The number of aryl methyl sites for hydroxylation is 1. The number of rotatable bonds is 5. The van der Waals surface area contributed by atoms with Crippen LogP contribution >= 0.6 is 0 Å². The van der Waals surface area contributed by atoms with Gasteiger partial charge in [0.15, 0.2) is 5.69 Å². The van der Waals surface area contributed by atoms with Gasteiger partial charge in [-0.05, 0) is 25.1 Å². The molecule has 0 radical (unpaired) electrons. The van der Waals surface area contributed by atoms with Crippen LogP contribution < -0.4 is 5.56 Å². The molecule has 14 heteroatoms. The van der Waals surface area contributed by atoms with Gasteiger partial charge >= 0.3 is 5.69 Å². The molecule has 0 aliphatic carbocycles. The Bertz CT molecular complexity index is 1300. The molecule has 0 atom stereocenters. The van der Waals surface area contributed by atoms with Crippen molar-refractivity contribution in [1.82, 2.24) is 9.78 Å². The summed E-state index contributed by atoms with van der Waals surface area (Å²) in [5.74, 6) is -0.970. The van der Waals surface area contributed by atoms with E-state index in [1.807, 2.05) is 0 Å². The Labute approximate surface area is 179 Å². The summed E-state index contributed by atoms with van der Waals surface area (Å²) in [4.78, 5) is 21.7. The van der Waals surface area contributed by atoms with Crippen LogP contribution in [-0.2, 0) is 27.5 Å². The average Bonchev–Trinajstić information content (AvgIpc) is 2.94. The molecule has 0 aliphatic heterocycles. The summed E-state index contributed by atoms with van der Waals surface area (Å²) in [6, 6.07) is 9.72. The fraction of sp³-hybridized carbons (Fsp3) is 0.0625. The Kier molecular flexibility index (Phi) is 6.58. The quantitative estimate of drug-likeness (QED) is 0.221. The first-order chi connectivity index (χ1) is 13.6. The zero-order valence-electron chi connectivity index (χ0n) is 15.1. The van der Waals surface area contributed by atoms with E-state index in [1.54, 1.807) is 30.3 Å². The molecule has 2 aromatic carbocycles. The second-order valence-corrected chi connectivity index (χ2v) is 7.23. The monoisotopic (exact) mass is 471 g/mol. The van der Waals surface area contributed by atoms with E-state index in [0.29, 0.717) is 23.5 Å². The SMILES string of the molecule is Cc1[nH]n(-c2ccccc2)c(=O)c1N=Nc1cc(S(=O)(=O)O)cc([N+](=O)[O-])c1O.[Cr]. The number of nitro benzene ring substituents is 1. The van der Waals surface area contributed by atoms with E-state index >= 15 is 0 Å². The maximum Gasteiger partial charge on any atom is 0.314 e. The molecule has 0 saturated carbocycles. The minimum atomic E-state index is -4.82. The van der Waals surface area contributed by atoms with Crippen LogP contribution in [0.15, 0.2) is 62.4 Å². The van der Waals surface area contributed by atoms with E-state index in [0.717, 1.165) is 0 Å². The number of aromatic hydroxyl groups is 1. The Balaban J connectivity index is 0.00000320. The minimum absolute atomic E-state index is 0. The number of benzene rings is 2. The predicted molar refractivity (Wildman–Crippen MR) is 99.9 cm³/mol. The van der Waals surface area contributed by atoms with Gasteiger partial charge in [0.2, 0.25) is 5.75 Å². The van der Waals surface area contributed by atoms with Gasteiger partial charge in [-0.15, -0.1) is 10.2 Å². The minimum Gasteiger partial charge on any atom is -0.501 e. The largest absolute Gasteiger partial charge is 0.501 e. The Morgan fingerprint density at radius 2 is 1.80 bits per heavy atom. The molecular weight excluding hydrogens is 458 g/mol. The maximum absolute atomic E-state index is 12.6. The molecule has 3 rings (SSSR count). The van der Waals surface area contributed by atoms with Crippen LogP contribution in [0.2, 0.25) is 0 Å². The van der Waals surface area contributed by atoms with E-state index in [4.69, 9.17) is 4.55 Å². The molecule has 1 heterocycles. The second-order valence-electron chi connectivity index (χ2n) is 5.80. The van der Waals surface area contributed by atoms with Crippen molar-refractivity contribution >= 4 is 27.2 Å². The first kappa shape index (κ1) is 23.0. The van der Waals surface area contributed by atoms with Crippen molar-refractivity contribution in [2.75, 3.05) is 0 Å². The van der Waals surface area contributed by atoms with Crippen molar-refractivity contribution < 1.29 is 40.4 Å². The van der Waals surface area contributed by atoms with Crippen molar-refractivity contribution in [3.8, 4) is 11.4 Å². The number of para-hydroxylation sites is 1. The zero-order valence-corrected chi connectivity index (χ0v) is 17.2. The zero-order chi connectivity index (χ0) is 21.3. The van der Waals surface area contributed by atoms with Crippen molar-refractivity contribution in [3.63, 3.8) is 0 Å². The number of hydrogen-bond acceptors (Lipinski definition) is 8. The summed E-state index contributed by atoms with van der Waals surface area (Å²) in [7, 11) is -4.82. The molecular formula is C16H13CrN5O7S. The van der Waals surface area contributed by atoms with Gasteiger partial charge < -0.3 is 5.11 Å². The standard InChI is InChI=1S/C16H13N5O7S.Cr/c1-9-14(16(23)20(19-9)10-5-3-2-4-6-10)18-17-12-7-11(29(26,27)28)8-13(15(12)22)21(24)25;/h2-8,19,22H,1H3,(H,26,27,28);. The van der Waals surface area contributed by atoms with Crippen LogP contribution in [0, 0.1) is 17.0 Å². The summed E-state index contributed by atoms with van der Waals surface area (Å²) >= 11 is 0. The third-order valence-corrected chi connectivity index (χ3v) is 4.68. The average molecular weight is 471 g/mol. The van der Waals surface area contributed by atoms with Gasteiger partial charge in [-0.1, -0.05) is 18.2 Å². The molecule has 0 bridgehead atoms. The predicted octanol–water partition coefficient (Wildman–Crippen LogP) is 2.75. The fourth-order valence-electron chi connectivity index (χ4n) is 2.46. The molecule has 30 heavy (non-hydrogen) atoms. The molecule has 3 N–H and O–H groups in total. The van der Waals surface area contributed by atoms with Crippen LogP contribution in [0.4, 0.5) is 17.1 Å². The van der Waals surface area contributed by atoms with E-state index in [-0.39, 0.29) is 23.0 Å². The Morgan fingerprint density at radius 1 is 1.17 bits per heavy atom. The number of aromatic nitrogens is 2. The summed E-state index contributed by atoms with van der Waals surface area (Å²) in [6.45, 7) is 1.53. The number of nitrogens with zero attached hydrogens (tertiary/aromatic N) is 4.